The Kier molecular flexibility index (Phi) is 10.0. The van der Waals surface area contributed by atoms with Gasteiger partial charge in [-0.15, -0.1) is 0 Å². The second-order valence-electron chi connectivity index (χ2n) is 13.7. The Balaban J connectivity index is 0.837. The van der Waals surface area contributed by atoms with Crippen LogP contribution in [0.15, 0.2) is 54.9 Å². The van der Waals surface area contributed by atoms with Crippen LogP contribution in [0.4, 0.5) is 11.5 Å². The molecule has 0 saturated carbocycles. The Hall–Kier alpha value is -5.54. The van der Waals surface area contributed by atoms with Crippen molar-refractivity contribution in [2.45, 2.75) is 63.3 Å². The van der Waals surface area contributed by atoms with Crippen molar-refractivity contribution in [2.75, 3.05) is 43.4 Å². The Bertz CT molecular complexity index is 1930. The van der Waals surface area contributed by atoms with E-state index in [1.807, 2.05) is 12.1 Å². The number of nitrogens with zero attached hydrogens (tertiary/aromatic N) is 5. The van der Waals surface area contributed by atoms with Crippen molar-refractivity contribution in [1.82, 2.24) is 30.0 Å². The molecule has 2 saturated heterocycles. The van der Waals surface area contributed by atoms with Crippen LogP contribution in [0, 0.1) is 0 Å². The lowest BCUT2D eigenvalue weighted by molar-refractivity contribution is -0.136. The molecule has 2 atom stereocenters. The molecule has 5 amide bonds. The van der Waals surface area contributed by atoms with Gasteiger partial charge in [-0.05, 0) is 42.5 Å². The summed E-state index contributed by atoms with van der Waals surface area (Å²) in [6.45, 7) is 3.26. The number of amides is 5. The molecule has 52 heavy (non-hydrogen) atoms. The molecule has 7 rings (SSSR count). The van der Waals surface area contributed by atoms with Gasteiger partial charge in [-0.3, -0.25) is 43.9 Å². The van der Waals surface area contributed by atoms with Crippen molar-refractivity contribution in [3.63, 3.8) is 0 Å². The van der Waals surface area contributed by atoms with Gasteiger partial charge in [-0.2, -0.15) is 0 Å². The van der Waals surface area contributed by atoms with E-state index in [2.05, 4.69) is 43.0 Å². The standard InChI is InChI=1S/C37H40N8O7/c46-25(20-43-15-13-22-4-1-2-5-23(22)17-43)8-10-30(47)28-16-31(40-21-39-28)41-24-18-44(19-24)33(49)12-14-38-27-7-3-6-26-34(27)37(52)45(36(26)51)29-9-11-32(48)42-35(29)50/h1-7,16,21,24-25,29,38,46H,8-15,17-20H2,(H,39,40,41)(H,42,48,50)/t25-,29?/m0/s1. The fourth-order valence-corrected chi connectivity index (χ4v) is 7.22. The third-order valence-electron chi connectivity index (χ3n) is 10.0. The third-order valence-corrected chi connectivity index (χ3v) is 10.0. The molecule has 2 fully saturated rings. The van der Waals surface area contributed by atoms with Crippen LogP contribution in [0.2, 0.25) is 0 Å². The SMILES string of the molecule is O=C1CCC(N2C(=O)c3cccc(NCCC(=O)N4CC(Nc5cc(C(=O)CC[C@H](O)CN6CCc7ccccc7C6)ncn5)C4)c3C2=O)C(=O)N1. The maximum Gasteiger partial charge on any atom is 0.264 e. The van der Waals surface area contributed by atoms with Crippen molar-refractivity contribution >= 4 is 46.8 Å². The number of benzene rings is 2. The fourth-order valence-electron chi connectivity index (χ4n) is 7.22. The summed E-state index contributed by atoms with van der Waals surface area (Å²) in [6, 6.07) is 13.6. The summed E-state index contributed by atoms with van der Waals surface area (Å²) >= 11 is 0. The number of aromatic nitrogens is 2. The molecule has 4 aliphatic rings. The lowest BCUT2D eigenvalue weighted by atomic mass is 9.99. The van der Waals surface area contributed by atoms with Gasteiger partial charge in [-0.1, -0.05) is 30.3 Å². The van der Waals surface area contributed by atoms with Crippen LogP contribution >= 0.6 is 0 Å². The van der Waals surface area contributed by atoms with E-state index >= 15 is 0 Å². The highest BCUT2D eigenvalue weighted by molar-refractivity contribution is 6.25. The van der Waals surface area contributed by atoms with Gasteiger partial charge < -0.3 is 20.6 Å². The van der Waals surface area contributed by atoms with Gasteiger partial charge >= 0.3 is 0 Å². The first-order valence-corrected chi connectivity index (χ1v) is 17.6. The van der Waals surface area contributed by atoms with E-state index in [1.54, 1.807) is 23.1 Å². The van der Waals surface area contributed by atoms with E-state index in [0.29, 0.717) is 37.6 Å². The summed E-state index contributed by atoms with van der Waals surface area (Å²) in [5, 5.41) is 19.2. The number of likely N-dealkylation sites (tertiary alicyclic amines) is 1. The molecule has 2 aromatic carbocycles. The summed E-state index contributed by atoms with van der Waals surface area (Å²) in [5.41, 5.74) is 3.58. The molecule has 15 nitrogen and oxygen atoms in total. The summed E-state index contributed by atoms with van der Waals surface area (Å²) in [4.78, 5) is 89.3. The minimum Gasteiger partial charge on any atom is -0.392 e. The van der Waals surface area contributed by atoms with E-state index in [4.69, 9.17) is 0 Å². The number of Topliss-reactive ketones (excluding diaryl/α,β-unsaturated/α-hetero) is 1. The van der Waals surface area contributed by atoms with Gasteiger partial charge in [0.05, 0.1) is 23.3 Å². The highest BCUT2D eigenvalue weighted by atomic mass is 16.3. The number of ketones is 1. The Morgan fingerprint density at radius 1 is 0.962 bits per heavy atom. The van der Waals surface area contributed by atoms with Crippen LogP contribution in [-0.4, -0.2) is 116 Å². The molecule has 1 unspecified atom stereocenters. The lowest BCUT2D eigenvalue weighted by Gasteiger charge is -2.40. The van der Waals surface area contributed by atoms with E-state index in [9.17, 15) is 33.9 Å². The van der Waals surface area contributed by atoms with Crippen LogP contribution in [0.5, 0.6) is 0 Å². The number of aliphatic hydroxyl groups is 1. The van der Waals surface area contributed by atoms with Crippen molar-refractivity contribution in [3.8, 4) is 0 Å². The van der Waals surface area contributed by atoms with Gasteiger partial charge in [0.15, 0.2) is 5.78 Å². The Morgan fingerprint density at radius 2 is 1.77 bits per heavy atom. The smallest absolute Gasteiger partial charge is 0.264 e. The summed E-state index contributed by atoms with van der Waals surface area (Å²) in [5.74, 6) is -2.13. The lowest BCUT2D eigenvalue weighted by Crippen LogP contribution is -2.57. The average molecular weight is 709 g/mol. The minimum absolute atomic E-state index is 0.0333. The average Bonchev–Trinajstić information content (AvgIpc) is 3.38. The van der Waals surface area contributed by atoms with E-state index in [-0.39, 0.29) is 66.8 Å². The minimum atomic E-state index is -1.06. The molecular formula is C37H40N8O7. The summed E-state index contributed by atoms with van der Waals surface area (Å²) in [6.07, 6.45) is 2.38. The number of imide groups is 2. The van der Waals surface area contributed by atoms with Gasteiger partial charge in [-0.25, -0.2) is 9.97 Å². The van der Waals surface area contributed by atoms with E-state index in [0.717, 1.165) is 24.4 Å². The second-order valence-corrected chi connectivity index (χ2v) is 13.7. The van der Waals surface area contributed by atoms with Crippen molar-refractivity contribution < 1.29 is 33.9 Å². The van der Waals surface area contributed by atoms with Crippen molar-refractivity contribution in [1.29, 1.82) is 0 Å². The van der Waals surface area contributed by atoms with Crippen LogP contribution in [0.3, 0.4) is 0 Å². The highest BCUT2D eigenvalue weighted by Gasteiger charge is 2.45. The van der Waals surface area contributed by atoms with Gasteiger partial charge in [0.25, 0.3) is 11.8 Å². The zero-order valence-corrected chi connectivity index (χ0v) is 28.5. The quantitative estimate of drug-likeness (QED) is 0.148. The van der Waals surface area contributed by atoms with E-state index < -0.39 is 35.8 Å². The van der Waals surface area contributed by atoms with Crippen LogP contribution in [0.25, 0.3) is 0 Å². The van der Waals surface area contributed by atoms with Crippen LogP contribution in [-0.2, 0) is 27.3 Å². The number of carbonyl (C=O) groups excluding carboxylic acids is 6. The number of piperidine rings is 1. The molecule has 270 valence electrons. The Labute approximate surface area is 299 Å². The number of β-amino-alcohol motifs (C(OH)–C–C–N with tert-alkyl or cyclic N) is 1. The molecule has 0 bridgehead atoms. The monoisotopic (exact) mass is 708 g/mol. The molecule has 3 aromatic rings. The molecule has 1 aromatic heterocycles. The number of nitrogens with one attached hydrogen (secondary N) is 3. The van der Waals surface area contributed by atoms with Crippen molar-refractivity contribution in [3.05, 3.63) is 82.8 Å². The predicted molar refractivity (Wildman–Crippen MR) is 187 cm³/mol. The predicted octanol–water partition coefficient (Wildman–Crippen LogP) is 1.38. The molecule has 4 N–H and O–H groups in total. The first-order valence-electron chi connectivity index (χ1n) is 17.6. The number of carbonyl (C=O) groups is 6. The molecule has 0 spiro atoms. The largest absolute Gasteiger partial charge is 0.392 e. The number of hydrogen-bond acceptors (Lipinski definition) is 12. The fraction of sp³-hybridized carbons (Fsp3) is 0.405. The third kappa shape index (κ3) is 7.41. The molecule has 4 aliphatic heterocycles. The highest BCUT2D eigenvalue weighted by Crippen LogP contribution is 2.32. The molecular weight excluding hydrogens is 668 g/mol. The zero-order chi connectivity index (χ0) is 36.4. The molecule has 0 radical (unpaired) electrons. The molecule has 0 aliphatic carbocycles. The maximum atomic E-state index is 13.3. The number of hydrogen-bond donors (Lipinski definition) is 4. The summed E-state index contributed by atoms with van der Waals surface area (Å²) < 4.78 is 0. The number of rotatable bonds is 13. The molecule has 15 heteroatoms. The van der Waals surface area contributed by atoms with Gasteiger partial charge in [0.1, 0.15) is 23.9 Å². The number of aliphatic hydroxyl groups excluding tert-OH is 1. The van der Waals surface area contributed by atoms with Crippen LogP contribution in [0.1, 0.15) is 74.4 Å². The Morgan fingerprint density at radius 3 is 2.58 bits per heavy atom. The molecule has 5 heterocycles. The normalized spacial score (nSPS) is 19.4. The first kappa shape index (κ1) is 34.9. The number of fused-ring (bicyclic) bond motifs is 2. The van der Waals surface area contributed by atoms with Crippen molar-refractivity contribution in [2.24, 2.45) is 0 Å². The zero-order valence-electron chi connectivity index (χ0n) is 28.5. The maximum absolute atomic E-state index is 13.3. The van der Waals surface area contributed by atoms with E-state index in [1.165, 1.54) is 23.5 Å². The van der Waals surface area contributed by atoms with Gasteiger partial charge in [0, 0.05) is 70.3 Å². The second kappa shape index (κ2) is 15.0. The topological polar surface area (TPSA) is 194 Å². The first-order chi connectivity index (χ1) is 25.1. The number of anilines is 2. The van der Waals surface area contributed by atoms with Gasteiger partial charge in [0.2, 0.25) is 17.7 Å². The summed E-state index contributed by atoms with van der Waals surface area (Å²) in [7, 11) is 0. The van der Waals surface area contributed by atoms with Crippen LogP contribution < -0.4 is 16.0 Å².